The SMILES string of the molecule is CC(N)CCNC(=O)C1CCC1. The summed E-state index contributed by atoms with van der Waals surface area (Å²) in [4.78, 5) is 11.3. The maximum Gasteiger partial charge on any atom is 0.223 e. The summed E-state index contributed by atoms with van der Waals surface area (Å²) in [6, 6.07) is 0.187. The van der Waals surface area contributed by atoms with Crippen molar-refractivity contribution in [2.75, 3.05) is 6.54 Å². The molecular formula is C9H18N2O. The zero-order valence-corrected chi connectivity index (χ0v) is 7.68. The summed E-state index contributed by atoms with van der Waals surface area (Å²) in [7, 11) is 0. The summed E-state index contributed by atoms with van der Waals surface area (Å²) in [5.74, 6) is 0.528. The number of hydrogen-bond acceptors (Lipinski definition) is 2. The Balaban J connectivity index is 2.02. The van der Waals surface area contributed by atoms with E-state index in [0.717, 1.165) is 25.8 Å². The van der Waals surface area contributed by atoms with E-state index in [1.54, 1.807) is 0 Å². The molecule has 0 aliphatic heterocycles. The Morgan fingerprint density at radius 3 is 2.75 bits per heavy atom. The van der Waals surface area contributed by atoms with E-state index in [2.05, 4.69) is 5.32 Å². The quantitative estimate of drug-likeness (QED) is 0.650. The van der Waals surface area contributed by atoms with Crippen molar-refractivity contribution in [1.82, 2.24) is 5.32 Å². The first-order valence-electron chi connectivity index (χ1n) is 4.73. The number of carbonyl (C=O) groups is 1. The first kappa shape index (κ1) is 9.52. The van der Waals surface area contributed by atoms with Crippen LogP contribution in [-0.4, -0.2) is 18.5 Å². The van der Waals surface area contributed by atoms with E-state index in [0.29, 0.717) is 5.92 Å². The molecule has 1 aliphatic carbocycles. The van der Waals surface area contributed by atoms with Gasteiger partial charge in [0.05, 0.1) is 0 Å². The lowest BCUT2D eigenvalue weighted by molar-refractivity contribution is -0.127. The van der Waals surface area contributed by atoms with Crippen molar-refractivity contribution in [1.29, 1.82) is 0 Å². The van der Waals surface area contributed by atoms with E-state index >= 15 is 0 Å². The van der Waals surface area contributed by atoms with Gasteiger partial charge < -0.3 is 11.1 Å². The molecule has 0 radical (unpaired) electrons. The Morgan fingerprint density at radius 1 is 1.67 bits per heavy atom. The highest BCUT2D eigenvalue weighted by molar-refractivity contribution is 5.79. The Labute approximate surface area is 73.7 Å². The molecule has 0 spiro atoms. The number of hydrogen-bond donors (Lipinski definition) is 2. The molecule has 3 nitrogen and oxygen atoms in total. The van der Waals surface area contributed by atoms with E-state index in [4.69, 9.17) is 5.73 Å². The second-order valence-electron chi connectivity index (χ2n) is 3.68. The van der Waals surface area contributed by atoms with Gasteiger partial charge in [0.25, 0.3) is 0 Å². The van der Waals surface area contributed by atoms with E-state index in [-0.39, 0.29) is 11.9 Å². The van der Waals surface area contributed by atoms with Gasteiger partial charge in [-0.1, -0.05) is 6.42 Å². The minimum atomic E-state index is 0.187. The van der Waals surface area contributed by atoms with Crippen LogP contribution in [-0.2, 0) is 4.79 Å². The molecule has 0 aromatic rings. The highest BCUT2D eigenvalue weighted by Crippen LogP contribution is 2.25. The fourth-order valence-electron chi connectivity index (χ4n) is 1.24. The molecule has 1 unspecified atom stereocenters. The molecule has 1 atom stereocenters. The molecule has 12 heavy (non-hydrogen) atoms. The van der Waals surface area contributed by atoms with Crippen molar-refractivity contribution in [3.63, 3.8) is 0 Å². The summed E-state index contributed by atoms with van der Waals surface area (Å²) in [5.41, 5.74) is 5.55. The molecule has 0 aromatic heterocycles. The third-order valence-corrected chi connectivity index (χ3v) is 2.37. The molecule has 0 heterocycles. The zero-order chi connectivity index (χ0) is 8.97. The molecular weight excluding hydrogens is 152 g/mol. The first-order chi connectivity index (χ1) is 5.70. The molecule has 1 rings (SSSR count). The van der Waals surface area contributed by atoms with Gasteiger partial charge in [0.2, 0.25) is 5.91 Å². The lowest BCUT2D eigenvalue weighted by Gasteiger charge is -2.24. The molecule has 1 aliphatic rings. The van der Waals surface area contributed by atoms with Crippen LogP contribution in [0.25, 0.3) is 0 Å². The molecule has 0 aromatic carbocycles. The van der Waals surface area contributed by atoms with Crippen molar-refractivity contribution >= 4 is 5.91 Å². The average molecular weight is 170 g/mol. The number of amides is 1. The van der Waals surface area contributed by atoms with Crippen LogP contribution in [0, 0.1) is 5.92 Å². The fourth-order valence-corrected chi connectivity index (χ4v) is 1.24. The molecule has 0 bridgehead atoms. The largest absolute Gasteiger partial charge is 0.356 e. The third-order valence-electron chi connectivity index (χ3n) is 2.37. The normalized spacial score (nSPS) is 19.8. The standard InChI is InChI=1S/C9H18N2O/c1-7(10)5-6-11-9(12)8-3-2-4-8/h7-8H,2-6,10H2,1H3,(H,11,12). The Hall–Kier alpha value is -0.570. The molecule has 1 fully saturated rings. The summed E-state index contributed by atoms with van der Waals surface area (Å²) in [6.07, 6.45) is 4.23. The summed E-state index contributed by atoms with van der Waals surface area (Å²) in [6.45, 7) is 2.68. The lowest BCUT2D eigenvalue weighted by atomic mass is 9.85. The van der Waals surface area contributed by atoms with Gasteiger partial charge in [0.1, 0.15) is 0 Å². The maximum atomic E-state index is 11.3. The number of rotatable bonds is 4. The fraction of sp³-hybridized carbons (Fsp3) is 0.889. The summed E-state index contributed by atoms with van der Waals surface area (Å²) in [5, 5.41) is 2.90. The number of carbonyl (C=O) groups excluding carboxylic acids is 1. The van der Waals surface area contributed by atoms with Gasteiger partial charge >= 0.3 is 0 Å². The van der Waals surface area contributed by atoms with Gasteiger partial charge in [-0.05, 0) is 26.2 Å². The Bertz CT molecular complexity index is 153. The molecule has 3 heteroatoms. The van der Waals surface area contributed by atoms with Crippen LogP contribution in [0.3, 0.4) is 0 Å². The van der Waals surface area contributed by atoms with Crippen molar-refractivity contribution in [3.05, 3.63) is 0 Å². The monoisotopic (exact) mass is 170 g/mol. The predicted octanol–water partition coefficient (Wildman–Crippen LogP) is 0.640. The highest BCUT2D eigenvalue weighted by Gasteiger charge is 2.24. The summed E-state index contributed by atoms with van der Waals surface area (Å²) >= 11 is 0. The van der Waals surface area contributed by atoms with Crippen LogP contribution in [0.5, 0.6) is 0 Å². The van der Waals surface area contributed by atoms with Gasteiger partial charge in [-0.2, -0.15) is 0 Å². The van der Waals surface area contributed by atoms with E-state index in [1.807, 2.05) is 6.92 Å². The van der Waals surface area contributed by atoms with Crippen molar-refractivity contribution < 1.29 is 4.79 Å². The van der Waals surface area contributed by atoms with E-state index in [1.165, 1.54) is 6.42 Å². The Kier molecular flexibility index (Phi) is 3.53. The number of nitrogens with two attached hydrogens (primary N) is 1. The zero-order valence-electron chi connectivity index (χ0n) is 7.68. The van der Waals surface area contributed by atoms with Crippen LogP contribution in [0.1, 0.15) is 32.6 Å². The molecule has 70 valence electrons. The molecule has 3 N–H and O–H groups in total. The molecule has 0 saturated heterocycles. The van der Waals surface area contributed by atoms with Gasteiger partial charge in [0, 0.05) is 18.5 Å². The average Bonchev–Trinajstić information content (AvgIpc) is 1.81. The molecule has 1 amide bonds. The van der Waals surface area contributed by atoms with Gasteiger partial charge in [-0.3, -0.25) is 4.79 Å². The van der Waals surface area contributed by atoms with Crippen LogP contribution in [0.2, 0.25) is 0 Å². The third kappa shape index (κ3) is 2.81. The van der Waals surface area contributed by atoms with Crippen LogP contribution in [0.15, 0.2) is 0 Å². The molecule has 1 saturated carbocycles. The smallest absolute Gasteiger partial charge is 0.223 e. The predicted molar refractivity (Wildman–Crippen MR) is 48.6 cm³/mol. The van der Waals surface area contributed by atoms with Gasteiger partial charge in [0.15, 0.2) is 0 Å². The van der Waals surface area contributed by atoms with E-state index < -0.39 is 0 Å². The topological polar surface area (TPSA) is 55.1 Å². The van der Waals surface area contributed by atoms with Gasteiger partial charge in [-0.25, -0.2) is 0 Å². The van der Waals surface area contributed by atoms with Crippen molar-refractivity contribution in [3.8, 4) is 0 Å². The van der Waals surface area contributed by atoms with Crippen molar-refractivity contribution in [2.45, 2.75) is 38.6 Å². The highest BCUT2D eigenvalue weighted by atomic mass is 16.1. The van der Waals surface area contributed by atoms with Crippen LogP contribution < -0.4 is 11.1 Å². The van der Waals surface area contributed by atoms with Crippen LogP contribution in [0.4, 0.5) is 0 Å². The van der Waals surface area contributed by atoms with Crippen LogP contribution >= 0.6 is 0 Å². The second kappa shape index (κ2) is 4.45. The lowest BCUT2D eigenvalue weighted by Crippen LogP contribution is -2.36. The maximum absolute atomic E-state index is 11.3. The number of nitrogens with one attached hydrogen (secondary N) is 1. The Morgan fingerprint density at radius 2 is 2.33 bits per heavy atom. The van der Waals surface area contributed by atoms with Crippen molar-refractivity contribution in [2.24, 2.45) is 11.7 Å². The van der Waals surface area contributed by atoms with E-state index in [9.17, 15) is 4.79 Å². The minimum absolute atomic E-state index is 0.187. The summed E-state index contributed by atoms with van der Waals surface area (Å²) < 4.78 is 0. The minimum Gasteiger partial charge on any atom is -0.356 e. The second-order valence-corrected chi connectivity index (χ2v) is 3.68. The van der Waals surface area contributed by atoms with Gasteiger partial charge in [-0.15, -0.1) is 0 Å². The first-order valence-corrected chi connectivity index (χ1v) is 4.73.